The van der Waals surface area contributed by atoms with E-state index in [1.54, 1.807) is 28.9 Å². The van der Waals surface area contributed by atoms with E-state index >= 15 is 0 Å². The summed E-state index contributed by atoms with van der Waals surface area (Å²) in [5.74, 6) is 0.122. The number of piperidine rings is 1. The predicted molar refractivity (Wildman–Crippen MR) is 93.3 cm³/mol. The van der Waals surface area contributed by atoms with Gasteiger partial charge in [0.2, 0.25) is 11.8 Å². The molecule has 1 aliphatic rings. The molecule has 0 atom stereocenters. The summed E-state index contributed by atoms with van der Waals surface area (Å²) in [7, 11) is 1.87. The molecule has 1 fully saturated rings. The van der Waals surface area contributed by atoms with E-state index < -0.39 is 0 Å². The molecular formula is C18H23N5O2. The van der Waals surface area contributed by atoms with Gasteiger partial charge in [-0.15, -0.1) is 0 Å². The van der Waals surface area contributed by atoms with Crippen molar-refractivity contribution in [1.29, 1.82) is 0 Å². The first-order valence-electron chi connectivity index (χ1n) is 8.50. The summed E-state index contributed by atoms with van der Waals surface area (Å²) in [6.45, 7) is 3.36. The van der Waals surface area contributed by atoms with Crippen LogP contribution in [0.5, 0.6) is 0 Å². The highest BCUT2D eigenvalue weighted by molar-refractivity contribution is 5.79. The molecule has 7 heteroatoms. The van der Waals surface area contributed by atoms with Gasteiger partial charge < -0.3 is 10.2 Å². The van der Waals surface area contributed by atoms with Crippen molar-refractivity contribution >= 4 is 11.8 Å². The normalized spacial score (nSPS) is 15.2. The van der Waals surface area contributed by atoms with Crippen molar-refractivity contribution in [3.8, 4) is 11.3 Å². The van der Waals surface area contributed by atoms with Crippen LogP contribution in [0, 0.1) is 5.92 Å². The van der Waals surface area contributed by atoms with Crippen LogP contribution in [0.1, 0.15) is 25.3 Å². The zero-order chi connectivity index (χ0) is 17.8. The number of hydrogen-bond donors (Lipinski definition) is 1. The maximum Gasteiger partial charge on any atom is 0.223 e. The second-order valence-electron chi connectivity index (χ2n) is 6.45. The molecule has 7 nitrogen and oxygen atoms in total. The summed E-state index contributed by atoms with van der Waals surface area (Å²) in [5, 5.41) is 7.12. The second-order valence-corrected chi connectivity index (χ2v) is 6.45. The van der Waals surface area contributed by atoms with E-state index in [0.29, 0.717) is 19.6 Å². The standard InChI is InChI=1S/C18H23N5O2/c1-13(24)23-7-5-15(6-8-23)18(25)20-10-14-3-4-17(19-9-14)16-11-21-22(2)12-16/h3-4,9,11-12,15H,5-8,10H2,1-2H3,(H,20,25). The van der Waals surface area contributed by atoms with Gasteiger partial charge in [0.15, 0.2) is 0 Å². The molecule has 1 N–H and O–H groups in total. The minimum Gasteiger partial charge on any atom is -0.352 e. The Kier molecular flexibility index (Phi) is 5.11. The summed E-state index contributed by atoms with van der Waals surface area (Å²) in [5.41, 5.74) is 2.79. The number of rotatable bonds is 4. The third-order valence-corrected chi connectivity index (χ3v) is 4.60. The number of amides is 2. The van der Waals surface area contributed by atoms with Crippen molar-refractivity contribution in [1.82, 2.24) is 25.0 Å². The van der Waals surface area contributed by atoms with Gasteiger partial charge in [-0.25, -0.2) is 0 Å². The molecule has 2 aromatic rings. The molecule has 2 amide bonds. The van der Waals surface area contributed by atoms with Gasteiger partial charge in [-0.1, -0.05) is 6.07 Å². The van der Waals surface area contributed by atoms with E-state index in [4.69, 9.17) is 0 Å². The van der Waals surface area contributed by atoms with Crippen molar-refractivity contribution in [3.05, 3.63) is 36.3 Å². The summed E-state index contributed by atoms with van der Waals surface area (Å²) in [6, 6.07) is 3.90. The lowest BCUT2D eigenvalue weighted by molar-refractivity contribution is -0.134. The summed E-state index contributed by atoms with van der Waals surface area (Å²) >= 11 is 0. The molecule has 0 spiro atoms. The third kappa shape index (κ3) is 4.23. The van der Waals surface area contributed by atoms with E-state index in [1.165, 1.54) is 0 Å². The van der Waals surface area contributed by atoms with Crippen molar-refractivity contribution in [2.45, 2.75) is 26.3 Å². The number of carbonyl (C=O) groups excluding carboxylic acids is 2. The number of nitrogens with zero attached hydrogens (tertiary/aromatic N) is 4. The Morgan fingerprint density at radius 3 is 2.56 bits per heavy atom. The zero-order valence-electron chi connectivity index (χ0n) is 14.6. The molecule has 0 aromatic carbocycles. The molecule has 3 heterocycles. The fourth-order valence-corrected chi connectivity index (χ4v) is 3.04. The second kappa shape index (κ2) is 7.46. The number of carbonyl (C=O) groups is 2. The predicted octanol–water partition coefficient (Wildman–Crippen LogP) is 1.36. The van der Waals surface area contributed by atoms with Gasteiger partial charge in [0.1, 0.15) is 0 Å². The lowest BCUT2D eigenvalue weighted by atomic mass is 9.96. The van der Waals surface area contributed by atoms with Crippen LogP contribution in [0.3, 0.4) is 0 Å². The minimum absolute atomic E-state index is 0.0155. The number of likely N-dealkylation sites (tertiary alicyclic amines) is 1. The van der Waals surface area contributed by atoms with Gasteiger partial charge in [0, 0.05) is 57.5 Å². The van der Waals surface area contributed by atoms with Gasteiger partial charge in [-0.3, -0.25) is 19.3 Å². The molecule has 3 rings (SSSR count). The summed E-state index contributed by atoms with van der Waals surface area (Å²) in [6.07, 6.45) is 6.92. The van der Waals surface area contributed by atoms with Gasteiger partial charge >= 0.3 is 0 Å². The molecule has 25 heavy (non-hydrogen) atoms. The van der Waals surface area contributed by atoms with E-state index in [0.717, 1.165) is 29.7 Å². The molecule has 0 aliphatic carbocycles. The maximum atomic E-state index is 12.3. The molecule has 1 aliphatic heterocycles. The monoisotopic (exact) mass is 341 g/mol. The van der Waals surface area contributed by atoms with Crippen molar-refractivity contribution in [2.75, 3.05) is 13.1 Å². The van der Waals surface area contributed by atoms with E-state index in [9.17, 15) is 9.59 Å². The largest absolute Gasteiger partial charge is 0.352 e. The molecule has 132 valence electrons. The lowest BCUT2D eigenvalue weighted by Crippen LogP contribution is -2.42. The van der Waals surface area contributed by atoms with Gasteiger partial charge in [0.25, 0.3) is 0 Å². The Bertz CT molecular complexity index is 745. The highest BCUT2D eigenvalue weighted by Crippen LogP contribution is 2.18. The Labute approximate surface area is 147 Å². The molecule has 0 saturated carbocycles. The van der Waals surface area contributed by atoms with Crippen molar-refractivity contribution < 1.29 is 9.59 Å². The van der Waals surface area contributed by atoms with E-state index in [2.05, 4.69) is 15.4 Å². The number of aryl methyl sites for hydroxylation is 1. The SMILES string of the molecule is CC(=O)N1CCC(C(=O)NCc2ccc(-c3cnn(C)c3)nc2)CC1. The smallest absolute Gasteiger partial charge is 0.223 e. The molecular weight excluding hydrogens is 318 g/mol. The number of nitrogens with one attached hydrogen (secondary N) is 1. The highest BCUT2D eigenvalue weighted by atomic mass is 16.2. The van der Waals surface area contributed by atoms with Crippen LogP contribution in [0.15, 0.2) is 30.7 Å². The fraction of sp³-hybridized carbons (Fsp3) is 0.444. The van der Waals surface area contributed by atoms with Crippen molar-refractivity contribution in [2.24, 2.45) is 13.0 Å². The van der Waals surface area contributed by atoms with E-state index in [1.807, 2.05) is 25.4 Å². The van der Waals surface area contributed by atoms with Crippen LogP contribution in [0.2, 0.25) is 0 Å². The first-order valence-corrected chi connectivity index (χ1v) is 8.50. The average molecular weight is 341 g/mol. The van der Waals surface area contributed by atoms with Crippen LogP contribution in [0.25, 0.3) is 11.3 Å². The highest BCUT2D eigenvalue weighted by Gasteiger charge is 2.25. The van der Waals surface area contributed by atoms with Gasteiger partial charge in [-0.2, -0.15) is 5.10 Å². The quantitative estimate of drug-likeness (QED) is 0.910. The van der Waals surface area contributed by atoms with Crippen LogP contribution in [0.4, 0.5) is 0 Å². The third-order valence-electron chi connectivity index (χ3n) is 4.60. The first-order chi connectivity index (χ1) is 12.0. The van der Waals surface area contributed by atoms with Gasteiger partial charge in [0.05, 0.1) is 11.9 Å². The molecule has 0 radical (unpaired) electrons. The molecule has 1 saturated heterocycles. The lowest BCUT2D eigenvalue weighted by Gasteiger charge is -2.30. The summed E-state index contributed by atoms with van der Waals surface area (Å²) in [4.78, 5) is 29.9. The molecule has 0 unspecified atom stereocenters. The topological polar surface area (TPSA) is 80.1 Å². The Morgan fingerprint density at radius 1 is 1.24 bits per heavy atom. The Hall–Kier alpha value is -2.70. The van der Waals surface area contributed by atoms with Gasteiger partial charge in [-0.05, 0) is 24.5 Å². The van der Waals surface area contributed by atoms with E-state index in [-0.39, 0.29) is 17.7 Å². The zero-order valence-corrected chi connectivity index (χ0v) is 14.6. The number of hydrogen-bond acceptors (Lipinski definition) is 4. The molecule has 0 bridgehead atoms. The average Bonchev–Trinajstić information content (AvgIpc) is 3.06. The number of pyridine rings is 1. The number of aromatic nitrogens is 3. The van der Waals surface area contributed by atoms with Crippen LogP contribution in [-0.2, 0) is 23.2 Å². The van der Waals surface area contributed by atoms with Crippen LogP contribution < -0.4 is 5.32 Å². The molecule has 2 aromatic heterocycles. The maximum absolute atomic E-state index is 12.3. The Balaban J connectivity index is 1.50. The summed E-state index contributed by atoms with van der Waals surface area (Å²) < 4.78 is 1.74. The fourth-order valence-electron chi connectivity index (χ4n) is 3.04. The minimum atomic E-state index is -0.0155. The van der Waals surface area contributed by atoms with Crippen molar-refractivity contribution in [3.63, 3.8) is 0 Å². The Morgan fingerprint density at radius 2 is 2.00 bits per heavy atom. The van der Waals surface area contributed by atoms with Crippen LogP contribution >= 0.6 is 0 Å². The van der Waals surface area contributed by atoms with Crippen LogP contribution in [-0.4, -0.2) is 44.6 Å². The first kappa shape index (κ1) is 17.1.